The molecule has 4 nitrogen and oxygen atoms in total. The van der Waals surface area contributed by atoms with Crippen LogP contribution >= 0.6 is 23.8 Å². The lowest BCUT2D eigenvalue weighted by molar-refractivity contribution is 0.0589. The molecule has 1 heterocycles. The van der Waals surface area contributed by atoms with Crippen molar-refractivity contribution >= 4 is 29.8 Å². The van der Waals surface area contributed by atoms with E-state index in [4.69, 9.17) is 28.6 Å². The fourth-order valence-electron chi connectivity index (χ4n) is 2.57. The molecule has 0 spiro atoms. The summed E-state index contributed by atoms with van der Waals surface area (Å²) in [5, 5.41) is 0.656. The predicted octanol–water partition coefficient (Wildman–Crippen LogP) is 4.70. The van der Waals surface area contributed by atoms with Crippen molar-refractivity contribution in [1.82, 2.24) is 9.55 Å². The largest absolute Gasteiger partial charge is 0.464 e. The standard InChI is InChI=1S/C18H15ClN2O2S/c1-23-17(22)16-10-20-18(24)21(16)11-13-7-8-14(19)9-15(13)12-5-3-2-4-6-12/h2-10H,11H2,1H3,(H,20,24). The Balaban J connectivity index is 2.08. The Morgan fingerprint density at radius 1 is 1.25 bits per heavy atom. The van der Waals surface area contributed by atoms with Crippen LogP contribution in [0.5, 0.6) is 0 Å². The molecule has 3 aromatic rings. The van der Waals surface area contributed by atoms with E-state index in [-0.39, 0.29) is 0 Å². The van der Waals surface area contributed by atoms with E-state index in [0.29, 0.717) is 22.0 Å². The predicted molar refractivity (Wildman–Crippen MR) is 96.9 cm³/mol. The molecule has 0 unspecified atom stereocenters. The molecule has 1 aromatic heterocycles. The Morgan fingerprint density at radius 3 is 2.71 bits per heavy atom. The second-order valence-electron chi connectivity index (χ2n) is 5.22. The Hall–Kier alpha value is -2.37. The Morgan fingerprint density at radius 2 is 2.00 bits per heavy atom. The van der Waals surface area contributed by atoms with Gasteiger partial charge in [-0.05, 0) is 41.0 Å². The van der Waals surface area contributed by atoms with Crippen LogP contribution in [0.15, 0.2) is 54.7 Å². The number of hydrogen-bond donors (Lipinski definition) is 1. The molecule has 0 aliphatic heterocycles. The molecular formula is C18H15ClN2O2S. The number of esters is 1. The van der Waals surface area contributed by atoms with Crippen LogP contribution in [-0.2, 0) is 11.3 Å². The fraction of sp³-hybridized carbons (Fsp3) is 0.111. The molecule has 1 N–H and O–H groups in total. The molecule has 0 amide bonds. The summed E-state index contributed by atoms with van der Waals surface area (Å²) in [5.41, 5.74) is 3.45. The number of halogens is 1. The highest BCUT2D eigenvalue weighted by Crippen LogP contribution is 2.28. The zero-order chi connectivity index (χ0) is 17.1. The smallest absolute Gasteiger partial charge is 0.356 e. The minimum atomic E-state index is -0.433. The fourth-order valence-corrected chi connectivity index (χ4v) is 2.96. The number of H-pyrrole nitrogens is 1. The molecule has 0 saturated heterocycles. The van der Waals surface area contributed by atoms with Crippen LogP contribution in [0.1, 0.15) is 16.1 Å². The van der Waals surface area contributed by atoms with Crippen molar-refractivity contribution in [2.24, 2.45) is 0 Å². The molecule has 0 atom stereocenters. The second kappa shape index (κ2) is 7.03. The lowest BCUT2D eigenvalue weighted by atomic mass is 9.99. The highest BCUT2D eigenvalue weighted by molar-refractivity contribution is 7.71. The summed E-state index contributed by atoms with van der Waals surface area (Å²) in [6.07, 6.45) is 1.56. The first-order chi connectivity index (χ1) is 11.6. The van der Waals surface area contributed by atoms with E-state index in [0.717, 1.165) is 16.7 Å². The molecule has 0 bridgehead atoms. The normalized spacial score (nSPS) is 10.6. The number of aromatic nitrogens is 2. The molecule has 6 heteroatoms. The van der Waals surface area contributed by atoms with Crippen molar-refractivity contribution in [3.8, 4) is 11.1 Å². The number of nitrogens with one attached hydrogen (secondary N) is 1. The van der Waals surface area contributed by atoms with Crippen molar-refractivity contribution < 1.29 is 9.53 Å². The number of carbonyl (C=O) groups excluding carboxylic acids is 1. The Bertz CT molecular complexity index is 932. The molecule has 0 saturated carbocycles. The van der Waals surface area contributed by atoms with Crippen molar-refractivity contribution in [3.63, 3.8) is 0 Å². The lowest BCUT2D eigenvalue weighted by Crippen LogP contribution is -2.12. The van der Waals surface area contributed by atoms with Crippen molar-refractivity contribution in [3.05, 3.63) is 75.8 Å². The minimum Gasteiger partial charge on any atom is -0.464 e. The zero-order valence-corrected chi connectivity index (χ0v) is 14.5. The van der Waals surface area contributed by atoms with Gasteiger partial charge in [0.2, 0.25) is 0 Å². The Kier molecular flexibility index (Phi) is 4.83. The molecule has 0 aliphatic carbocycles. The number of ether oxygens (including phenoxy) is 1. The van der Waals surface area contributed by atoms with Gasteiger partial charge in [-0.3, -0.25) is 0 Å². The van der Waals surface area contributed by atoms with Crippen LogP contribution in [0.25, 0.3) is 11.1 Å². The number of carbonyl (C=O) groups is 1. The molecule has 0 fully saturated rings. The van der Waals surface area contributed by atoms with Crippen LogP contribution in [0, 0.1) is 4.77 Å². The molecule has 0 radical (unpaired) electrons. The molecule has 3 rings (SSSR count). The van der Waals surface area contributed by atoms with Crippen LogP contribution in [-0.4, -0.2) is 22.6 Å². The SMILES string of the molecule is COC(=O)c1c[nH]c(=S)n1Cc1ccc(Cl)cc1-c1ccccc1. The summed E-state index contributed by atoms with van der Waals surface area (Å²) in [5.74, 6) is -0.433. The van der Waals surface area contributed by atoms with E-state index >= 15 is 0 Å². The number of hydrogen-bond acceptors (Lipinski definition) is 3. The summed E-state index contributed by atoms with van der Waals surface area (Å²) in [7, 11) is 1.35. The molecule has 0 aliphatic rings. The van der Waals surface area contributed by atoms with Gasteiger partial charge in [-0.15, -0.1) is 0 Å². The van der Waals surface area contributed by atoms with E-state index in [9.17, 15) is 4.79 Å². The second-order valence-corrected chi connectivity index (χ2v) is 6.05. The summed E-state index contributed by atoms with van der Waals surface area (Å²) < 4.78 is 7.00. The van der Waals surface area contributed by atoms with Gasteiger partial charge in [-0.2, -0.15) is 0 Å². The first-order valence-corrected chi connectivity index (χ1v) is 8.09. The van der Waals surface area contributed by atoms with Gasteiger partial charge in [0.05, 0.1) is 13.7 Å². The third-order valence-corrected chi connectivity index (χ3v) is 4.32. The van der Waals surface area contributed by atoms with Gasteiger partial charge in [-0.25, -0.2) is 4.79 Å². The minimum absolute atomic E-state index is 0.386. The van der Waals surface area contributed by atoms with Crippen LogP contribution < -0.4 is 0 Å². The average Bonchev–Trinajstić information content (AvgIpc) is 2.97. The summed E-state index contributed by atoms with van der Waals surface area (Å²) in [6, 6.07) is 15.6. The van der Waals surface area contributed by atoms with Crippen molar-refractivity contribution in [2.45, 2.75) is 6.54 Å². The van der Waals surface area contributed by atoms with Gasteiger partial charge >= 0.3 is 5.97 Å². The van der Waals surface area contributed by atoms with E-state index in [1.165, 1.54) is 7.11 Å². The first-order valence-electron chi connectivity index (χ1n) is 7.30. The van der Waals surface area contributed by atoms with Gasteiger partial charge in [0.1, 0.15) is 5.69 Å². The van der Waals surface area contributed by atoms with Crippen molar-refractivity contribution in [1.29, 1.82) is 0 Å². The van der Waals surface area contributed by atoms with E-state index in [1.807, 2.05) is 48.5 Å². The highest BCUT2D eigenvalue weighted by atomic mass is 35.5. The van der Waals surface area contributed by atoms with Crippen LogP contribution in [0.4, 0.5) is 0 Å². The molecule has 2 aromatic carbocycles. The summed E-state index contributed by atoms with van der Waals surface area (Å²) in [6.45, 7) is 0.439. The maximum absolute atomic E-state index is 11.9. The third-order valence-electron chi connectivity index (χ3n) is 3.75. The maximum Gasteiger partial charge on any atom is 0.356 e. The van der Waals surface area contributed by atoms with Gasteiger partial charge in [-0.1, -0.05) is 48.0 Å². The topological polar surface area (TPSA) is 47.0 Å². The summed E-state index contributed by atoms with van der Waals surface area (Å²) in [4.78, 5) is 14.8. The first kappa shape index (κ1) is 16.5. The quantitative estimate of drug-likeness (QED) is 0.543. The number of nitrogens with zero attached hydrogens (tertiary/aromatic N) is 1. The van der Waals surface area contributed by atoms with E-state index in [1.54, 1.807) is 10.8 Å². The molecule has 122 valence electrons. The summed E-state index contributed by atoms with van der Waals surface area (Å²) >= 11 is 11.5. The molecule has 24 heavy (non-hydrogen) atoms. The number of aromatic amines is 1. The van der Waals surface area contributed by atoms with Gasteiger partial charge in [0, 0.05) is 11.2 Å². The van der Waals surface area contributed by atoms with E-state index in [2.05, 4.69) is 4.98 Å². The maximum atomic E-state index is 11.9. The Labute approximate surface area is 149 Å². The number of benzene rings is 2. The monoisotopic (exact) mass is 358 g/mol. The van der Waals surface area contributed by atoms with Crippen molar-refractivity contribution in [2.75, 3.05) is 7.11 Å². The van der Waals surface area contributed by atoms with Gasteiger partial charge < -0.3 is 14.3 Å². The van der Waals surface area contributed by atoms with Gasteiger partial charge in [0.25, 0.3) is 0 Å². The lowest BCUT2D eigenvalue weighted by Gasteiger charge is -2.13. The van der Waals surface area contributed by atoms with Crippen LogP contribution in [0.3, 0.4) is 0 Å². The highest BCUT2D eigenvalue weighted by Gasteiger charge is 2.15. The number of methoxy groups -OCH3 is 1. The van der Waals surface area contributed by atoms with Crippen LogP contribution in [0.2, 0.25) is 5.02 Å². The number of imidazole rings is 1. The zero-order valence-electron chi connectivity index (χ0n) is 13.0. The molecular weight excluding hydrogens is 344 g/mol. The average molecular weight is 359 g/mol. The van der Waals surface area contributed by atoms with E-state index < -0.39 is 5.97 Å². The number of rotatable bonds is 4. The van der Waals surface area contributed by atoms with Gasteiger partial charge in [0.15, 0.2) is 4.77 Å². The third kappa shape index (κ3) is 3.27.